The molecule has 0 aliphatic heterocycles. The Kier molecular flexibility index (Phi) is 5.42. The Morgan fingerprint density at radius 1 is 1.73 bits per heavy atom. The van der Waals surface area contributed by atoms with Crippen molar-refractivity contribution in [2.24, 2.45) is 5.73 Å². The molecule has 0 aromatic rings. The lowest BCUT2D eigenvalue weighted by Crippen LogP contribution is -2.11. The minimum Gasteiger partial charge on any atom is -0.366 e. The Bertz CT molecular complexity index is 154. The van der Waals surface area contributed by atoms with Gasteiger partial charge >= 0.3 is 0 Å². The molecule has 0 aromatic carbocycles. The average Bonchev–Trinajstić information content (AvgIpc) is 1.97. The number of nitrogens with two attached hydrogens (primary N) is 1. The molecule has 3 N–H and O–H groups in total. The number of hydrogen-bond acceptors (Lipinski definition) is 3. The summed E-state index contributed by atoms with van der Waals surface area (Å²) in [6, 6.07) is 0. The van der Waals surface area contributed by atoms with Crippen LogP contribution in [0.4, 0.5) is 0 Å². The van der Waals surface area contributed by atoms with E-state index in [1.807, 2.05) is 0 Å². The van der Waals surface area contributed by atoms with E-state index in [9.17, 15) is 4.79 Å². The highest BCUT2D eigenvalue weighted by Crippen LogP contribution is 1.97. The number of allylic oxidation sites excluding steroid dienone is 1. The summed E-state index contributed by atoms with van der Waals surface area (Å²) in [5.41, 5.74) is 5.51. The summed E-state index contributed by atoms with van der Waals surface area (Å²) in [4.78, 5) is 14.3. The van der Waals surface area contributed by atoms with Gasteiger partial charge in [-0.3, -0.25) is 10.1 Å². The largest absolute Gasteiger partial charge is 0.366 e. The van der Waals surface area contributed by atoms with Gasteiger partial charge in [-0.25, -0.2) is 4.89 Å². The lowest BCUT2D eigenvalue weighted by Gasteiger charge is -1.94. The van der Waals surface area contributed by atoms with Gasteiger partial charge < -0.3 is 5.73 Å². The third kappa shape index (κ3) is 5.57. The van der Waals surface area contributed by atoms with Crippen LogP contribution in [0, 0.1) is 0 Å². The molecule has 0 spiro atoms. The van der Waals surface area contributed by atoms with E-state index in [1.54, 1.807) is 13.0 Å². The van der Waals surface area contributed by atoms with E-state index < -0.39 is 5.91 Å². The predicted octanol–water partition coefficient (Wildman–Crippen LogP) is 0.688. The Balaban J connectivity index is 3.48. The summed E-state index contributed by atoms with van der Waals surface area (Å²) in [5.74, 6) is -0.407. The maximum Gasteiger partial charge on any atom is 0.244 e. The number of hydrogen-bond donors (Lipinski definition) is 2. The minimum atomic E-state index is -0.407. The fraction of sp³-hybridized carbons (Fsp3) is 0.571. The molecule has 0 aromatic heterocycles. The fourth-order valence-corrected chi connectivity index (χ4v) is 0.567. The van der Waals surface area contributed by atoms with Crippen LogP contribution in [-0.2, 0) is 9.68 Å². The summed E-state index contributed by atoms with van der Waals surface area (Å²) in [7, 11) is 0. The first-order chi connectivity index (χ1) is 5.18. The Morgan fingerprint density at radius 2 is 2.36 bits per heavy atom. The van der Waals surface area contributed by atoms with E-state index in [0.717, 1.165) is 0 Å². The number of unbranched alkanes of at least 4 members (excludes halogenated alkanes) is 1. The van der Waals surface area contributed by atoms with Crippen LogP contribution in [0.3, 0.4) is 0 Å². The monoisotopic (exact) mass is 159 g/mol. The average molecular weight is 159 g/mol. The van der Waals surface area contributed by atoms with Crippen molar-refractivity contribution < 1.29 is 14.9 Å². The van der Waals surface area contributed by atoms with E-state index in [-0.39, 0.29) is 6.61 Å². The van der Waals surface area contributed by atoms with Crippen LogP contribution in [0.2, 0.25) is 0 Å². The van der Waals surface area contributed by atoms with Crippen LogP contribution in [0.1, 0.15) is 19.8 Å². The first-order valence-corrected chi connectivity index (χ1v) is 3.41. The Hall–Kier alpha value is -0.870. The fourth-order valence-electron chi connectivity index (χ4n) is 0.567. The van der Waals surface area contributed by atoms with E-state index in [1.165, 1.54) is 0 Å². The van der Waals surface area contributed by atoms with Crippen molar-refractivity contribution >= 4 is 5.91 Å². The SMILES string of the molecule is CC(=CCCCOO)C(N)=O. The molecule has 0 radical (unpaired) electrons. The molecule has 1 amide bonds. The van der Waals surface area contributed by atoms with Gasteiger partial charge in [-0.15, -0.1) is 0 Å². The zero-order valence-corrected chi connectivity index (χ0v) is 6.54. The number of primary amides is 1. The molecule has 4 heteroatoms. The van der Waals surface area contributed by atoms with Gasteiger partial charge in [0.1, 0.15) is 0 Å². The standard InChI is InChI=1S/C7H13NO3/c1-6(7(8)9)4-2-3-5-11-10/h4,10H,2-3,5H2,1H3,(H2,8,9). The van der Waals surface area contributed by atoms with Crippen molar-refractivity contribution in [3.8, 4) is 0 Å². The van der Waals surface area contributed by atoms with Gasteiger partial charge in [0.2, 0.25) is 5.91 Å². The van der Waals surface area contributed by atoms with Gasteiger partial charge in [0.25, 0.3) is 0 Å². The normalized spacial score (nSPS) is 11.6. The summed E-state index contributed by atoms with van der Waals surface area (Å²) >= 11 is 0. The smallest absolute Gasteiger partial charge is 0.244 e. The molecule has 11 heavy (non-hydrogen) atoms. The van der Waals surface area contributed by atoms with Gasteiger partial charge in [-0.1, -0.05) is 6.08 Å². The van der Waals surface area contributed by atoms with Crippen LogP contribution in [0.5, 0.6) is 0 Å². The molecule has 0 fully saturated rings. The van der Waals surface area contributed by atoms with Gasteiger partial charge in [0, 0.05) is 5.57 Å². The molecule has 0 rings (SSSR count). The van der Waals surface area contributed by atoms with Crippen molar-refractivity contribution in [1.29, 1.82) is 0 Å². The molecule has 0 saturated carbocycles. The van der Waals surface area contributed by atoms with Crippen LogP contribution in [0.15, 0.2) is 11.6 Å². The molecule has 64 valence electrons. The maximum absolute atomic E-state index is 10.4. The third-order valence-corrected chi connectivity index (χ3v) is 1.28. The molecular weight excluding hydrogens is 146 g/mol. The summed E-state index contributed by atoms with van der Waals surface area (Å²) in [5, 5.41) is 7.93. The van der Waals surface area contributed by atoms with Crippen LogP contribution >= 0.6 is 0 Å². The van der Waals surface area contributed by atoms with Crippen LogP contribution < -0.4 is 5.73 Å². The van der Waals surface area contributed by atoms with Gasteiger partial charge in [-0.2, -0.15) is 0 Å². The highest BCUT2D eigenvalue weighted by Gasteiger charge is 1.94. The molecule has 0 atom stereocenters. The second kappa shape index (κ2) is 5.88. The van der Waals surface area contributed by atoms with Crippen molar-refractivity contribution in [3.63, 3.8) is 0 Å². The maximum atomic E-state index is 10.4. The Labute approximate surface area is 65.6 Å². The zero-order chi connectivity index (χ0) is 8.69. The summed E-state index contributed by atoms with van der Waals surface area (Å²) < 4.78 is 0. The van der Waals surface area contributed by atoms with Crippen molar-refractivity contribution in [3.05, 3.63) is 11.6 Å². The topological polar surface area (TPSA) is 72.6 Å². The number of carbonyl (C=O) groups is 1. The van der Waals surface area contributed by atoms with Crippen LogP contribution in [0.25, 0.3) is 0 Å². The quantitative estimate of drug-likeness (QED) is 0.268. The predicted molar refractivity (Wildman–Crippen MR) is 40.8 cm³/mol. The van der Waals surface area contributed by atoms with E-state index >= 15 is 0 Å². The molecule has 0 saturated heterocycles. The number of carbonyl (C=O) groups excluding carboxylic acids is 1. The van der Waals surface area contributed by atoms with Crippen LogP contribution in [-0.4, -0.2) is 17.8 Å². The first kappa shape index (κ1) is 10.1. The second-order valence-corrected chi connectivity index (χ2v) is 2.23. The highest BCUT2D eigenvalue weighted by molar-refractivity contribution is 5.91. The molecule has 0 heterocycles. The molecule has 0 bridgehead atoms. The lowest BCUT2D eigenvalue weighted by molar-refractivity contribution is -0.242. The van der Waals surface area contributed by atoms with Crippen molar-refractivity contribution in [2.75, 3.05) is 6.61 Å². The molecule has 0 unspecified atom stereocenters. The van der Waals surface area contributed by atoms with E-state index in [4.69, 9.17) is 11.0 Å². The first-order valence-electron chi connectivity index (χ1n) is 3.41. The Morgan fingerprint density at radius 3 is 2.82 bits per heavy atom. The number of amides is 1. The third-order valence-electron chi connectivity index (χ3n) is 1.28. The van der Waals surface area contributed by atoms with Gasteiger partial charge in [0.15, 0.2) is 0 Å². The van der Waals surface area contributed by atoms with Crippen molar-refractivity contribution in [1.82, 2.24) is 0 Å². The van der Waals surface area contributed by atoms with Gasteiger partial charge in [0.05, 0.1) is 6.61 Å². The van der Waals surface area contributed by atoms with E-state index in [0.29, 0.717) is 18.4 Å². The lowest BCUT2D eigenvalue weighted by atomic mass is 10.2. The van der Waals surface area contributed by atoms with Crippen molar-refractivity contribution in [2.45, 2.75) is 19.8 Å². The summed E-state index contributed by atoms with van der Waals surface area (Å²) in [6.07, 6.45) is 3.10. The number of rotatable bonds is 5. The molecule has 0 aliphatic rings. The minimum absolute atomic E-state index is 0.280. The zero-order valence-electron chi connectivity index (χ0n) is 6.54. The highest BCUT2D eigenvalue weighted by atomic mass is 17.1. The molecule has 4 nitrogen and oxygen atoms in total. The molecule has 0 aliphatic carbocycles. The van der Waals surface area contributed by atoms with E-state index in [2.05, 4.69) is 4.89 Å². The summed E-state index contributed by atoms with van der Waals surface area (Å²) in [6.45, 7) is 1.94. The van der Waals surface area contributed by atoms with Gasteiger partial charge in [-0.05, 0) is 19.8 Å². The second-order valence-electron chi connectivity index (χ2n) is 2.23. The molecular formula is C7H13NO3.